The smallest absolute Gasteiger partial charge is 0.267 e. The number of nitrogens with zero attached hydrogens (tertiary/aromatic N) is 6. The first-order valence-electron chi connectivity index (χ1n) is 15.9. The Morgan fingerprint density at radius 1 is 1.02 bits per heavy atom. The molecule has 5 aromatic rings. The molecule has 3 unspecified atom stereocenters. The highest BCUT2D eigenvalue weighted by molar-refractivity contribution is 6.00. The highest BCUT2D eigenvalue weighted by Crippen LogP contribution is 2.60. The van der Waals surface area contributed by atoms with Crippen molar-refractivity contribution in [1.29, 1.82) is 0 Å². The van der Waals surface area contributed by atoms with Gasteiger partial charge in [0.1, 0.15) is 22.6 Å². The van der Waals surface area contributed by atoms with Gasteiger partial charge in [0, 0.05) is 48.4 Å². The van der Waals surface area contributed by atoms with Crippen molar-refractivity contribution in [2.75, 3.05) is 13.7 Å². The molecule has 4 aromatic heterocycles. The molecular formula is C35H35N7O3. The van der Waals surface area contributed by atoms with Crippen LogP contribution < -0.4 is 10.5 Å². The van der Waals surface area contributed by atoms with E-state index in [2.05, 4.69) is 31.2 Å². The van der Waals surface area contributed by atoms with Crippen LogP contribution in [0.4, 0.5) is 0 Å². The van der Waals surface area contributed by atoms with E-state index in [9.17, 15) is 9.59 Å². The van der Waals surface area contributed by atoms with Gasteiger partial charge in [-0.15, -0.1) is 0 Å². The van der Waals surface area contributed by atoms with Crippen LogP contribution in [0.15, 0.2) is 42.5 Å². The van der Waals surface area contributed by atoms with Crippen LogP contribution in [0, 0.1) is 30.6 Å². The van der Waals surface area contributed by atoms with Crippen molar-refractivity contribution in [1.82, 2.24) is 29.0 Å². The number of fused-ring (bicyclic) bond motifs is 2. The largest absolute Gasteiger partial charge is 0.494 e. The Kier molecular flexibility index (Phi) is 5.56. The number of carbonyl (C=O) groups is 2. The Balaban J connectivity index is 1.14. The highest BCUT2D eigenvalue weighted by Gasteiger charge is 2.61. The third kappa shape index (κ3) is 3.90. The van der Waals surface area contributed by atoms with Crippen LogP contribution in [0.5, 0.6) is 5.75 Å². The molecule has 10 heteroatoms. The molecule has 3 saturated carbocycles. The number of methoxy groups -OCH3 is 1. The first-order chi connectivity index (χ1) is 21.8. The summed E-state index contributed by atoms with van der Waals surface area (Å²) in [5, 5.41) is 1.02. The summed E-state index contributed by atoms with van der Waals surface area (Å²) in [6.45, 7) is 3.58. The lowest BCUT2D eigenvalue weighted by atomic mass is 9.53. The molecule has 0 bridgehead atoms. The number of likely N-dealkylation sites (tertiary alicyclic amines) is 1. The number of hydrogen-bond donors (Lipinski definition) is 1. The Bertz CT molecular complexity index is 2090. The summed E-state index contributed by atoms with van der Waals surface area (Å²) in [4.78, 5) is 42.2. The lowest BCUT2D eigenvalue weighted by Gasteiger charge is -2.52. The molecule has 1 aliphatic heterocycles. The Morgan fingerprint density at radius 2 is 1.87 bits per heavy atom. The second-order valence-corrected chi connectivity index (χ2v) is 13.5. The van der Waals surface area contributed by atoms with Crippen LogP contribution in [0.2, 0.25) is 0 Å². The van der Waals surface area contributed by atoms with Crippen molar-refractivity contribution < 1.29 is 14.3 Å². The molecule has 4 aliphatic rings. The zero-order chi connectivity index (χ0) is 30.7. The summed E-state index contributed by atoms with van der Waals surface area (Å²) in [6.07, 6.45) is 4.81. The van der Waals surface area contributed by atoms with E-state index in [-0.39, 0.29) is 11.6 Å². The first kappa shape index (κ1) is 26.7. The summed E-state index contributed by atoms with van der Waals surface area (Å²) in [5.74, 6) is 3.83. The molecule has 4 atom stereocenters. The van der Waals surface area contributed by atoms with E-state index >= 15 is 0 Å². The van der Waals surface area contributed by atoms with E-state index in [1.165, 1.54) is 19.3 Å². The number of benzene rings is 1. The second-order valence-electron chi connectivity index (χ2n) is 13.5. The fourth-order valence-corrected chi connectivity index (χ4v) is 8.36. The van der Waals surface area contributed by atoms with Crippen LogP contribution in [0.25, 0.3) is 44.8 Å². The number of carbonyl (C=O) groups excluding carboxylic acids is 2. The lowest BCUT2D eigenvalue weighted by Crippen LogP contribution is -2.53. The number of amides is 2. The molecule has 3 aliphatic carbocycles. The summed E-state index contributed by atoms with van der Waals surface area (Å²) >= 11 is 0. The molecule has 0 radical (unpaired) electrons. The van der Waals surface area contributed by atoms with Gasteiger partial charge in [0.05, 0.1) is 24.0 Å². The van der Waals surface area contributed by atoms with Gasteiger partial charge < -0.3 is 24.5 Å². The van der Waals surface area contributed by atoms with E-state index in [4.69, 9.17) is 20.4 Å². The number of pyridine rings is 2. The van der Waals surface area contributed by atoms with E-state index in [0.717, 1.165) is 76.2 Å². The second kappa shape index (κ2) is 9.39. The van der Waals surface area contributed by atoms with Gasteiger partial charge in [-0.2, -0.15) is 0 Å². The zero-order valence-electron chi connectivity index (χ0n) is 25.7. The highest BCUT2D eigenvalue weighted by atomic mass is 16.5. The van der Waals surface area contributed by atoms with Gasteiger partial charge in [0.15, 0.2) is 5.82 Å². The number of primary amides is 1. The van der Waals surface area contributed by atoms with Crippen LogP contribution >= 0.6 is 0 Å². The summed E-state index contributed by atoms with van der Waals surface area (Å²) in [7, 11) is 3.67. The fraction of sp³-hybridized carbons (Fsp3) is 0.400. The molecule has 1 aromatic carbocycles. The Hall–Kier alpha value is -4.73. The monoisotopic (exact) mass is 601 g/mol. The number of ether oxygens (including phenoxy) is 1. The van der Waals surface area contributed by atoms with Gasteiger partial charge in [0.2, 0.25) is 0 Å². The fourth-order valence-electron chi connectivity index (χ4n) is 8.36. The van der Waals surface area contributed by atoms with E-state index in [1.807, 2.05) is 38.2 Å². The van der Waals surface area contributed by atoms with E-state index < -0.39 is 5.91 Å². The summed E-state index contributed by atoms with van der Waals surface area (Å²) in [5.41, 5.74) is 12.1. The number of aryl methyl sites for hydroxylation is 2. The molecule has 2 amide bonds. The van der Waals surface area contributed by atoms with Crippen molar-refractivity contribution in [3.05, 3.63) is 59.4 Å². The summed E-state index contributed by atoms with van der Waals surface area (Å²) < 4.78 is 10.2. The lowest BCUT2D eigenvalue weighted by molar-refractivity contribution is -0.0204. The van der Waals surface area contributed by atoms with Crippen molar-refractivity contribution >= 4 is 33.9 Å². The van der Waals surface area contributed by atoms with Crippen molar-refractivity contribution in [2.24, 2.45) is 36.5 Å². The number of rotatable bonds is 7. The minimum atomic E-state index is -0.550. The average Bonchev–Trinajstić information content (AvgIpc) is 3.69. The maximum atomic E-state index is 13.8. The van der Waals surface area contributed by atoms with E-state index in [1.54, 1.807) is 13.2 Å². The van der Waals surface area contributed by atoms with Gasteiger partial charge in [0.25, 0.3) is 11.8 Å². The molecule has 4 fully saturated rings. The van der Waals surface area contributed by atoms with Gasteiger partial charge in [-0.1, -0.05) is 0 Å². The van der Waals surface area contributed by atoms with Crippen molar-refractivity contribution in [3.63, 3.8) is 0 Å². The minimum absolute atomic E-state index is 0.0912. The topological polar surface area (TPSA) is 121 Å². The normalized spacial score (nSPS) is 23.2. The van der Waals surface area contributed by atoms with Gasteiger partial charge in [-0.3, -0.25) is 9.59 Å². The first-order valence-corrected chi connectivity index (χ1v) is 15.9. The molecule has 5 heterocycles. The molecular weight excluding hydrogens is 566 g/mol. The number of aromatic nitrogens is 5. The molecule has 45 heavy (non-hydrogen) atoms. The predicted molar refractivity (Wildman–Crippen MR) is 170 cm³/mol. The quantitative estimate of drug-likeness (QED) is 0.282. The Morgan fingerprint density at radius 3 is 2.58 bits per heavy atom. The molecule has 10 nitrogen and oxygen atoms in total. The average molecular weight is 602 g/mol. The predicted octanol–water partition coefficient (Wildman–Crippen LogP) is 4.96. The molecule has 9 rings (SSSR count). The van der Waals surface area contributed by atoms with Gasteiger partial charge >= 0.3 is 0 Å². The summed E-state index contributed by atoms with van der Waals surface area (Å²) in [6, 6.07) is 14.0. The van der Waals surface area contributed by atoms with E-state index in [0.29, 0.717) is 34.9 Å². The number of nitrogens with two attached hydrogens (primary N) is 1. The molecule has 1 saturated heterocycles. The van der Waals surface area contributed by atoms with Crippen LogP contribution in [-0.2, 0) is 13.6 Å². The number of imidazole rings is 1. The van der Waals surface area contributed by atoms with Crippen LogP contribution in [0.1, 0.15) is 52.2 Å². The molecule has 228 valence electrons. The van der Waals surface area contributed by atoms with Gasteiger partial charge in [-0.25, -0.2) is 15.0 Å². The SMILES string of the molecule is COc1cc(C(=O)N2CC3CC4CC2[C@H]43)cc2nc(-c3cc4ccc(-c5ccc(C(N)=O)nc5C)nc4n3CC3CC3)n(C)c12. The third-order valence-corrected chi connectivity index (χ3v) is 10.9. The maximum Gasteiger partial charge on any atom is 0.267 e. The number of hydrogen-bond acceptors (Lipinski definition) is 6. The molecule has 0 spiro atoms. The van der Waals surface area contributed by atoms with Crippen molar-refractivity contribution in [2.45, 2.75) is 45.2 Å². The zero-order valence-corrected chi connectivity index (χ0v) is 25.7. The van der Waals surface area contributed by atoms with Crippen LogP contribution in [-0.4, -0.2) is 60.5 Å². The third-order valence-electron chi connectivity index (χ3n) is 10.9. The van der Waals surface area contributed by atoms with Crippen molar-refractivity contribution in [3.8, 4) is 28.5 Å². The maximum absolute atomic E-state index is 13.8. The van der Waals surface area contributed by atoms with Crippen LogP contribution in [0.3, 0.4) is 0 Å². The Labute approximate surface area is 260 Å². The standard InChI is InChI=1S/C35H35N7O3/c1-17-23(7-9-25(37-17)32(36)43)24-8-6-19-12-28(41(33(19)38-24)15-18-4-5-18)34-39-26-11-21(14-29(45-3)31(26)40(34)2)35(44)42-16-22-10-20-13-27(42)30(20)22/h6-9,11-12,14,18,20,22,27,30H,4-5,10,13,15-16H2,1-3H3,(H2,36,43)/t20?,22?,27?,30-/m1/s1. The van der Waals surface area contributed by atoms with Gasteiger partial charge in [-0.05, 0) is 98.7 Å². The molecule has 2 N–H and O–H groups in total. The minimum Gasteiger partial charge on any atom is -0.494 e.